The van der Waals surface area contributed by atoms with E-state index in [9.17, 15) is 0 Å². The van der Waals surface area contributed by atoms with Crippen LogP contribution in [-0.2, 0) is 0 Å². The molecule has 3 heterocycles. The van der Waals surface area contributed by atoms with Gasteiger partial charge in [0.2, 0.25) is 0 Å². The van der Waals surface area contributed by atoms with E-state index in [0.29, 0.717) is 5.02 Å². The molecule has 0 aliphatic carbocycles. The van der Waals surface area contributed by atoms with E-state index in [1.807, 2.05) is 24.3 Å². The Morgan fingerprint density at radius 2 is 1.83 bits per heavy atom. The SMILES string of the molecule is Cc1cc2c(N3CCCCCC3)nc(-c3cccc(Cl)c3)nc2[nH]1. The van der Waals surface area contributed by atoms with Gasteiger partial charge >= 0.3 is 0 Å². The van der Waals surface area contributed by atoms with Crippen molar-refractivity contribution in [3.63, 3.8) is 0 Å². The van der Waals surface area contributed by atoms with Gasteiger partial charge in [-0.15, -0.1) is 0 Å². The molecule has 3 aromatic rings. The molecule has 1 saturated heterocycles. The van der Waals surface area contributed by atoms with Gasteiger partial charge in [0.05, 0.1) is 5.39 Å². The lowest BCUT2D eigenvalue weighted by atomic mass is 10.2. The summed E-state index contributed by atoms with van der Waals surface area (Å²) in [5, 5.41) is 1.82. The zero-order chi connectivity index (χ0) is 16.5. The molecule has 124 valence electrons. The van der Waals surface area contributed by atoms with E-state index in [1.165, 1.54) is 25.7 Å². The first-order valence-corrected chi connectivity index (χ1v) is 8.97. The van der Waals surface area contributed by atoms with Gasteiger partial charge in [0.1, 0.15) is 11.5 Å². The molecule has 0 atom stereocenters. The fourth-order valence-electron chi connectivity index (χ4n) is 3.41. The van der Waals surface area contributed by atoms with Gasteiger partial charge in [-0.1, -0.05) is 36.6 Å². The number of H-pyrrole nitrogens is 1. The summed E-state index contributed by atoms with van der Waals surface area (Å²) >= 11 is 6.15. The predicted octanol–water partition coefficient (Wildman–Crippen LogP) is 4.97. The van der Waals surface area contributed by atoms with Gasteiger partial charge in [-0.2, -0.15) is 0 Å². The first-order valence-electron chi connectivity index (χ1n) is 8.59. The highest BCUT2D eigenvalue weighted by atomic mass is 35.5. The van der Waals surface area contributed by atoms with Crippen LogP contribution >= 0.6 is 11.6 Å². The number of aromatic nitrogens is 3. The van der Waals surface area contributed by atoms with Crippen molar-refractivity contribution < 1.29 is 0 Å². The van der Waals surface area contributed by atoms with Crippen LogP contribution in [0.4, 0.5) is 5.82 Å². The minimum atomic E-state index is 0.704. The summed E-state index contributed by atoms with van der Waals surface area (Å²) in [6.07, 6.45) is 5.05. The number of hydrogen-bond acceptors (Lipinski definition) is 3. The van der Waals surface area contributed by atoms with Crippen LogP contribution in [0.15, 0.2) is 30.3 Å². The van der Waals surface area contributed by atoms with Crippen LogP contribution in [0.2, 0.25) is 5.02 Å². The molecule has 0 unspecified atom stereocenters. The Labute approximate surface area is 146 Å². The molecular formula is C19H21ClN4. The maximum Gasteiger partial charge on any atom is 0.163 e. The second-order valence-electron chi connectivity index (χ2n) is 6.50. The van der Waals surface area contributed by atoms with Gasteiger partial charge in [-0.25, -0.2) is 9.97 Å². The zero-order valence-electron chi connectivity index (χ0n) is 13.8. The minimum Gasteiger partial charge on any atom is -0.356 e. The Bertz CT molecular complexity index is 863. The second-order valence-corrected chi connectivity index (χ2v) is 6.93. The predicted molar refractivity (Wildman–Crippen MR) is 99.8 cm³/mol. The van der Waals surface area contributed by atoms with E-state index >= 15 is 0 Å². The lowest BCUT2D eigenvalue weighted by molar-refractivity contribution is 0.726. The van der Waals surface area contributed by atoms with E-state index in [2.05, 4.69) is 22.9 Å². The van der Waals surface area contributed by atoms with Gasteiger partial charge < -0.3 is 9.88 Å². The summed E-state index contributed by atoms with van der Waals surface area (Å²) in [5.74, 6) is 1.77. The highest BCUT2D eigenvalue weighted by Crippen LogP contribution is 2.30. The number of halogens is 1. The number of nitrogens with zero attached hydrogens (tertiary/aromatic N) is 3. The zero-order valence-corrected chi connectivity index (χ0v) is 14.6. The lowest BCUT2D eigenvalue weighted by Gasteiger charge is -2.22. The number of aromatic amines is 1. The monoisotopic (exact) mass is 340 g/mol. The van der Waals surface area contributed by atoms with Crippen molar-refractivity contribution in [3.05, 3.63) is 41.0 Å². The van der Waals surface area contributed by atoms with Gasteiger partial charge in [0, 0.05) is 29.4 Å². The molecule has 0 saturated carbocycles. The molecule has 5 heteroatoms. The van der Waals surface area contributed by atoms with Crippen molar-refractivity contribution in [2.24, 2.45) is 0 Å². The standard InChI is InChI=1S/C19H21ClN4/c1-13-11-16-18(21-13)22-17(14-7-6-8-15(20)12-14)23-19(16)24-9-4-2-3-5-10-24/h6-8,11-12H,2-5,9-10H2,1H3,(H,21,22,23). The molecule has 1 N–H and O–H groups in total. The topological polar surface area (TPSA) is 44.8 Å². The van der Waals surface area contributed by atoms with E-state index in [4.69, 9.17) is 21.6 Å². The Morgan fingerprint density at radius 3 is 2.58 bits per heavy atom. The van der Waals surface area contributed by atoms with Crippen molar-refractivity contribution >= 4 is 28.5 Å². The normalized spacial score (nSPS) is 15.7. The first-order chi connectivity index (χ1) is 11.7. The minimum absolute atomic E-state index is 0.704. The summed E-state index contributed by atoms with van der Waals surface area (Å²) < 4.78 is 0. The van der Waals surface area contributed by atoms with E-state index in [0.717, 1.165) is 47.0 Å². The molecule has 0 spiro atoms. The van der Waals surface area contributed by atoms with Crippen molar-refractivity contribution in [2.45, 2.75) is 32.6 Å². The number of hydrogen-bond donors (Lipinski definition) is 1. The Balaban J connectivity index is 1.87. The average Bonchev–Trinajstić information content (AvgIpc) is 2.78. The Kier molecular flexibility index (Phi) is 4.15. The molecule has 4 nitrogen and oxygen atoms in total. The number of benzene rings is 1. The van der Waals surface area contributed by atoms with Gasteiger partial charge in [-0.05, 0) is 38.0 Å². The van der Waals surface area contributed by atoms with Crippen molar-refractivity contribution in [1.82, 2.24) is 15.0 Å². The number of anilines is 1. The van der Waals surface area contributed by atoms with Crippen LogP contribution in [0.1, 0.15) is 31.4 Å². The number of nitrogens with one attached hydrogen (secondary N) is 1. The molecule has 4 rings (SSSR count). The second kappa shape index (κ2) is 6.44. The summed E-state index contributed by atoms with van der Waals surface area (Å²) in [4.78, 5) is 15.4. The van der Waals surface area contributed by atoms with Gasteiger partial charge in [-0.3, -0.25) is 0 Å². The fraction of sp³-hybridized carbons (Fsp3) is 0.368. The van der Waals surface area contributed by atoms with Crippen molar-refractivity contribution in [1.29, 1.82) is 0 Å². The highest BCUT2D eigenvalue weighted by molar-refractivity contribution is 6.30. The average molecular weight is 341 g/mol. The number of aryl methyl sites for hydroxylation is 1. The maximum absolute atomic E-state index is 6.15. The van der Waals surface area contributed by atoms with Crippen LogP contribution in [-0.4, -0.2) is 28.0 Å². The van der Waals surface area contributed by atoms with Gasteiger partial charge in [0.25, 0.3) is 0 Å². The third-order valence-corrected chi connectivity index (χ3v) is 4.83. The van der Waals surface area contributed by atoms with Crippen molar-refractivity contribution in [2.75, 3.05) is 18.0 Å². The van der Waals surface area contributed by atoms with E-state index in [1.54, 1.807) is 0 Å². The highest BCUT2D eigenvalue weighted by Gasteiger charge is 2.18. The largest absolute Gasteiger partial charge is 0.356 e. The number of fused-ring (bicyclic) bond motifs is 1. The van der Waals surface area contributed by atoms with Crippen LogP contribution < -0.4 is 4.90 Å². The molecule has 1 aliphatic rings. The summed E-state index contributed by atoms with van der Waals surface area (Å²) in [7, 11) is 0. The molecule has 0 radical (unpaired) electrons. The quantitative estimate of drug-likeness (QED) is 0.716. The van der Waals surface area contributed by atoms with E-state index < -0.39 is 0 Å². The molecule has 1 aliphatic heterocycles. The third-order valence-electron chi connectivity index (χ3n) is 4.59. The first kappa shape index (κ1) is 15.5. The Morgan fingerprint density at radius 1 is 1.04 bits per heavy atom. The fourth-order valence-corrected chi connectivity index (χ4v) is 3.60. The van der Waals surface area contributed by atoms with Gasteiger partial charge in [0.15, 0.2) is 5.82 Å². The van der Waals surface area contributed by atoms with Crippen LogP contribution in [0.3, 0.4) is 0 Å². The maximum atomic E-state index is 6.15. The van der Waals surface area contributed by atoms with Crippen LogP contribution in [0, 0.1) is 6.92 Å². The lowest BCUT2D eigenvalue weighted by Crippen LogP contribution is -2.25. The third kappa shape index (κ3) is 2.98. The molecule has 2 aromatic heterocycles. The number of rotatable bonds is 2. The molecule has 0 amide bonds. The molecule has 1 aromatic carbocycles. The molecular weight excluding hydrogens is 320 g/mol. The van der Waals surface area contributed by atoms with Crippen LogP contribution in [0.25, 0.3) is 22.4 Å². The molecule has 0 bridgehead atoms. The smallest absolute Gasteiger partial charge is 0.163 e. The van der Waals surface area contributed by atoms with E-state index in [-0.39, 0.29) is 0 Å². The molecule has 1 fully saturated rings. The summed E-state index contributed by atoms with van der Waals surface area (Å²) in [6, 6.07) is 9.89. The Hall–Kier alpha value is -2.07. The summed E-state index contributed by atoms with van der Waals surface area (Å²) in [5.41, 5.74) is 2.96. The summed E-state index contributed by atoms with van der Waals surface area (Å²) in [6.45, 7) is 4.18. The van der Waals surface area contributed by atoms with Crippen molar-refractivity contribution in [3.8, 4) is 11.4 Å². The van der Waals surface area contributed by atoms with Crippen LogP contribution in [0.5, 0.6) is 0 Å². The molecule has 24 heavy (non-hydrogen) atoms.